The molecule has 1 rings (SSSR count). The minimum atomic E-state index is -0.630. The molecule has 0 aromatic rings. The first-order valence-electron chi connectivity index (χ1n) is 5.00. The third kappa shape index (κ3) is 2.46. The molecule has 2 nitrogen and oxygen atoms in total. The normalized spacial score (nSPS) is 25.2. The van der Waals surface area contributed by atoms with Crippen molar-refractivity contribution in [1.82, 2.24) is 0 Å². The molecule has 0 aromatic carbocycles. The molecule has 1 unspecified atom stereocenters. The van der Waals surface area contributed by atoms with Crippen LogP contribution in [-0.2, 0) is 0 Å². The van der Waals surface area contributed by atoms with E-state index in [9.17, 15) is 5.11 Å². The summed E-state index contributed by atoms with van der Waals surface area (Å²) in [7, 11) is 0. The highest BCUT2D eigenvalue weighted by molar-refractivity contribution is 4.83. The van der Waals surface area contributed by atoms with Crippen molar-refractivity contribution in [3.05, 3.63) is 0 Å². The predicted octanol–water partition coefficient (Wildman–Crippen LogP) is 1.70. The number of aliphatic hydroxyl groups excluding tert-OH is 1. The molecular weight excluding hydrogens is 152 g/mol. The zero-order chi connectivity index (χ0) is 9.03. The Labute approximate surface area is 74.6 Å². The van der Waals surface area contributed by atoms with Crippen LogP contribution >= 0.6 is 0 Å². The molecule has 0 heterocycles. The molecule has 1 atom stereocenters. The van der Waals surface area contributed by atoms with Gasteiger partial charge in [0.1, 0.15) is 0 Å². The third-order valence-electron chi connectivity index (χ3n) is 3.10. The number of hydrogen-bond acceptors (Lipinski definition) is 2. The van der Waals surface area contributed by atoms with E-state index in [1.807, 2.05) is 6.92 Å². The van der Waals surface area contributed by atoms with Crippen molar-refractivity contribution < 1.29 is 10.2 Å². The SMILES string of the molecule is CC(O)(CCO)C1CCCCC1. The molecule has 0 aliphatic heterocycles. The molecule has 2 heteroatoms. The van der Waals surface area contributed by atoms with Crippen molar-refractivity contribution >= 4 is 0 Å². The second-order valence-corrected chi connectivity index (χ2v) is 4.17. The lowest BCUT2D eigenvalue weighted by molar-refractivity contribution is -0.0341. The molecule has 0 bridgehead atoms. The van der Waals surface area contributed by atoms with Crippen LogP contribution in [-0.4, -0.2) is 22.4 Å². The van der Waals surface area contributed by atoms with Crippen LogP contribution < -0.4 is 0 Å². The predicted molar refractivity (Wildman–Crippen MR) is 48.9 cm³/mol. The second kappa shape index (κ2) is 4.24. The van der Waals surface area contributed by atoms with Gasteiger partial charge in [-0.3, -0.25) is 0 Å². The Morgan fingerprint density at radius 3 is 2.33 bits per heavy atom. The second-order valence-electron chi connectivity index (χ2n) is 4.17. The van der Waals surface area contributed by atoms with Gasteiger partial charge in [0.2, 0.25) is 0 Å². The zero-order valence-corrected chi connectivity index (χ0v) is 7.92. The van der Waals surface area contributed by atoms with Gasteiger partial charge in [-0.2, -0.15) is 0 Å². The highest BCUT2D eigenvalue weighted by Gasteiger charge is 2.31. The molecule has 72 valence electrons. The Hall–Kier alpha value is -0.0800. The molecule has 1 saturated carbocycles. The zero-order valence-electron chi connectivity index (χ0n) is 7.92. The lowest BCUT2D eigenvalue weighted by Crippen LogP contribution is -2.36. The average molecular weight is 172 g/mol. The molecule has 1 aliphatic carbocycles. The lowest BCUT2D eigenvalue weighted by atomic mass is 9.76. The summed E-state index contributed by atoms with van der Waals surface area (Å²) >= 11 is 0. The first kappa shape index (κ1) is 10.0. The molecule has 0 saturated heterocycles. The van der Waals surface area contributed by atoms with Crippen LogP contribution in [0.15, 0.2) is 0 Å². The Morgan fingerprint density at radius 1 is 1.25 bits per heavy atom. The van der Waals surface area contributed by atoms with Gasteiger partial charge in [-0.05, 0) is 32.1 Å². The van der Waals surface area contributed by atoms with Gasteiger partial charge in [-0.1, -0.05) is 19.3 Å². The molecule has 1 aliphatic rings. The minimum absolute atomic E-state index is 0.101. The van der Waals surface area contributed by atoms with Crippen LogP contribution in [0.4, 0.5) is 0 Å². The Morgan fingerprint density at radius 2 is 1.83 bits per heavy atom. The summed E-state index contributed by atoms with van der Waals surface area (Å²) in [5.41, 5.74) is -0.630. The summed E-state index contributed by atoms with van der Waals surface area (Å²) in [6, 6.07) is 0. The molecule has 12 heavy (non-hydrogen) atoms. The lowest BCUT2D eigenvalue weighted by Gasteiger charge is -2.35. The number of aliphatic hydroxyl groups is 2. The monoisotopic (exact) mass is 172 g/mol. The summed E-state index contributed by atoms with van der Waals surface area (Å²) in [6.07, 6.45) is 6.59. The highest BCUT2D eigenvalue weighted by atomic mass is 16.3. The fraction of sp³-hybridized carbons (Fsp3) is 1.00. The van der Waals surface area contributed by atoms with Crippen molar-refractivity contribution in [1.29, 1.82) is 0 Å². The van der Waals surface area contributed by atoms with E-state index in [1.54, 1.807) is 0 Å². The summed E-state index contributed by atoms with van der Waals surface area (Å²) in [5, 5.41) is 18.8. The van der Waals surface area contributed by atoms with Crippen LogP contribution in [0.25, 0.3) is 0 Å². The first-order valence-corrected chi connectivity index (χ1v) is 5.00. The van der Waals surface area contributed by atoms with E-state index in [4.69, 9.17) is 5.11 Å². The highest BCUT2D eigenvalue weighted by Crippen LogP contribution is 2.34. The van der Waals surface area contributed by atoms with Gasteiger partial charge in [0.15, 0.2) is 0 Å². The van der Waals surface area contributed by atoms with Crippen LogP contribution in [0.2, 0.25) is 0 Å². The fourth-order valence-corrected chi connectivity index (χ4v) is 2.15. The van der Waals surface area contributed by atoms with Crippen LogP contribution in [0.1, 0.15) is 45.4 Å². The smallest absolute Gasteiger partial charge is 0.0669 e. The molecule has 0 spiro atoms. The fourth-order valence-electron chi connectivity index (χ4n) is 2.15. The quantitative estimate of drug-likeness (QED) is 0.680. The Bertz CT molecular complexity index is 126. The summed E-state index contributed by atoms with van der Waals surface area (Å²) in [6.45, 7) is 1.96. The standard InChI is InChI=1S/C10H20O2/c1-10(12,7-8-11)9-5-3-2-4-6-9/h9,11-12H,2-8H2,1H3. The van der Waals surface area contributed by atoms with E-state index in [0.29, 0.717) is 12.3 Å². The topological polar surface area (TPSA) is 40.5 Å². The maximum atomic E-state index is 9.98. The molecule has 0 radical (unpaired) electrons. The van der Waals surface area contributed by atoms with Gasteiger partial charge >= 0.3 is 0 Å². The van der Waals surface area contributed by atoms with Crippen molar-refractivity contribution in [2.75, 3.05) is 6.61 Å². The van der Waals surface area contributed by atoms with Crippen molar-refractivity contribution in [2.45, 2.75) is 51.0 Å². The molecule has 0 aromatic heterocycles. The van der Waals surface area contributed by atoms with E-state index < -0.39 is 5.60 Å². The van der Waals surface area contributed by atoms with E-state index in [1.165, 1.54) is 19.3 Å². The van der Waals surface area contributed by atoms with Gasteiger partial charge in [0, 0.05) is 6.61 Å². The van der Waals surface area contributed by atoms with Gasteiger partial charge in [-0.15, -0.1) is 0 Å². The molecule has 1 fully saturated rings. The molecular formula is C10H20O2. The summed E-state index contributed by atoms with van der Waals surface area (Å²) < 4.78 is 0. The average Bonchev–Trinajstić information content (AvgIpc) is 2.06. The number of hydrogen-bond donors (Lipinski definition) is 2. The minimum Gasteiger partial charge on any atom is -0.396 e. The van der Waals surface area contributed by atoms with Crippen molar-refractivity contribution in [3.63, 3.8) is 0 Å². The van der Waals surface area contributed by atoms with Gasteiger partial charge in [0.25, 0.3) is 0 Å². The van der Waals surface area contributed by atoms with E-state index in [-0.39, 0.29) is 6.61 Å². The summed E-state index contributed by atoms with van der Waals surface area (Å²) in [5.74, 6) is 0.415. The van der Waals surface area contributed by atoms with Crippen molar-refractivity contribution in [3.8, 4) is 0 Å². The van der Waals surface area contributed by atoms with E-state index in [0.717, 1.165) is 12.8 Å². The summed E-state index contributed by atoms with van der Waals surface area (Å²) in [4.78, 5) is 0. The third-order valence-corrected chi connectivity index (χ3v) is 3.10. The maximum absolute atomic E-state index is 9.98. The van der Waals surface area contributed by atoms with Crippen LogP contribution in [0.3, 0.4) is 0 Å². The number of rotatable bonds is 3. The largest absolute Gasteiger partial charge is 0.396 e. The van der Waals surface area contributed by atoms with E-state index >= 15 is 0 Å². The molecule has 2 N–H and O–H groups in total. The maximum Gasteiger partial charge on any atom is 0.0669 e. The van der Waals surface area contributed by atoms with Crippen LogP contribution in [0, 0.1) is 5.92 Å². The van der Waals surface area contributed by atoms with E-state index in [2.05, 4.69) is 0 Å². The van der Waals surface area contributed by atoms with Crippen LogP contribution in [0.5, 0.6) is 0 Å². The van der Waals surface area contributed by atoms with Gasteiger partial charge in [-0.25, -0.2) is 0 Å². The first-order chi connectivity index (χ1) is 5.67. The molecule has 0 amide bonds. The van der Waals surface area contributed by atoms with Crippen molar-refractivity contribution in [2.24, 2.45) is 5.92 Å². The Balaban J connectivity index is 2.41. The Kier molecular flexibility index (Phi) is 3.53. The van der Waals surface area contributed by atoms with Gasteiger partial charge in [0.05, 0.1) is 5.60 Å². The van der Waals surface area contributed by atoms with Gasteiger partial charge < -0.3 is 10.2 Å².